The van der Waals surface area contributed by atoms with Crippen molar-refractivity contribution in [3.8, 4) is 16.9 Å². The number of aldehydes is 1. The van der Waals surface area contributed by atoms with Gasteiger partial charge in [0.25, 0.3) is 0 Å². The summed E-state index contributed by atoms with van der Waals surface area (Å²) in [6.45, 7) is 0. The molecule has 4 aromatic rings. The molecule has 0 radical (unpaired) electrons. The fourth-order valence-corrected chi connectivity index (χ4v) is 2.29. The van der Waals surface area contributed by atoms with Crippen LogP contribution in [0.3, 0.4) is 0 Å². The SMILES string of the molecule is O=Cc1cc(-[c-]2cccc2)n(-c2ccccc2)n1.[Fe+2].c1cc[cH-]c1. The molecule has 0 saturated carbocycles. The predicted molar refractivity (Wildman–Crippen MR) is 92.0 cm³/mol. The summed E-state index contributed by atoms with van der Waals surface area (Å²) in [4.78, 5) is 10.9. The van der Waals surface area contributed by atoms with Crippen molar-refractivity contribution in [2.45, 2.75) is 0 Å². The minimum atomic E-state index is 0. The number of para-hydroxylation sites is 1. The van der Waals surface area contributed by atoms with Gasteiger partial charge in [0.1, 0.15) is 0 Å². The zero-order valence-electron chi connectivity index (χ0n) is 12.9. The molecule has 24 heavy (non-hydrogen) atoms. The van der Waals surface area contributed by atoms with Gasteiger partial charge in [-0.15, -0.1) is 12.1 Å². The average molecular weight is 356 g/mol. The molecule has 120 valence electrons. The Bertz CT molecular complexity index is 814. The second kappa shape index (κ2) is 8.82. The van der Waals surface area contributed by atoms with Crippen LogP contribution in [0.5, 0.6) is 0 Å². The van der Waals surface area contributed by atoms with Crippen LogP contribution in [0.2, 0.25) is 0 Å². The van der Waals surface area contributed by atoms with Crippen LogP contribution in [0.1, 0.15) is 10.5 Å². The molecule has 0 spiro atoms. The van der Waals surface area contributed by atoms with Crippen LogP contribution in [0, 0.1) is 0 Å². The number of carbonyl (C=O) groups excluding carboxylic acids is 1. The molecule has 1 heterocycles. The van der Waals surface area contributed by atoms with Crippen molar-refractivity contribution in [1.82, 2.24) is 9.78 Å². The third-order valence-corrected chi connectivity index (χ3v) is 3.36. The molecule has 0 saturated heterocycles. The van der Waals surface area contributed by atoms with E-state index in [4.69, 9.17) is 0 Å². The van der Waals surface area contributed by atoms with E-state index < -0.39 is 0 Å². The molecule has 1 aromatic heterocycles. The van der Waals surface area contributed by atoms with Crippen LogP contribution in [0.4, 0.5) is 0 Å². The Balaban J connectivity index is 0.000000300. The van der Waals surface area contributed by atoms with Gasteiger partial charge in [0.15, 0.2) is 6.29 Å². The van der Waals surface area contributed by atoms with Gasteiger partial charge in [0.05, 0.1) is 11.4 Å². The molecule has 0 amide bonds. The smallest absolute Gasteiger partial charge is 0.297 e. The third kappa shape index (κ3) is 4.19. The number of carbonyl (C=O) groups is 1. The van der Waals surface area contributed by atoms with E-state index in [1.54, 1.807) is 10.7 Å². The zero-order chi connectivity index (χ0) is 15.9. The van der Waals surface area contributed by atoms with Crippen LogP contribution in [0.25, 0.3) is 16.9 Å². The van der Waals surface area contributed by atoms with Crippen molar-refractivity contribution in [2.24, 2.45) is 0 Å². The summed E-state index contributed by atoms with van der Waals surface area (Å²) in [6, 6.07) is 29.5. The second-order valence-corrected chi connectivity index (χ2v) is 4.96. The average Bonchev–Trinajstić information content (AvgIpc) is 3.38. The molecule has 0 atom stereocenters. The van der Waals surface area contributed by atoms with E-state index in [1.807, 2.05) is 84.9 Å². The Morgan fingerprint density at radius 1 is 0.958 bits per heavy atom. The molecule has 0 N–H and O–H groups in total. The first kappa shape index (κ1) is 17.7. The molecule has 0 aliphatic heterocycles. The van der Waals surface area contributed by atoms with Gasteiger partial charge < -0.3 is 0 Å². The fraction of sp³-hybridized carbons (Fsp3) is 0. The van der Waals surface area contributed by atoms with Crippen molar-refractivity contribution in [3.63, 3.8) is 0 Å². The first-order chi connectivity index (χ1) is 11.4. The minimum Gasteiger partial charge on any atom is -0.297 e. The van der Waals surface area contributed by atoms with Crippen molar-refractivity contribution in [2.75, 3.05) is 0 Å². The Hall–Kier alpha value is -2.68. The van der Waals surface area contributed by atoms with E-state index >= 15 is 0 Å². The van der Waals surface area contributed by atoms with Crippen molar-refractivity contribution >= 4 is 6.29 Å². The Labute approximate surface area is 151 Å². The van der Waals surface area contributed by atoms with E-state index in [1.165, 1.54) is 0 Å². The molecular formula is C20H16FeN2O. The second-order valence-electron chi connectivity index (χ2n) is 4.96. The van der Waals surface area contributed by atoms with Crippen LogP contribution >= 0.6 is 0 Å². The Morgan fingerprint density at radius 3 is 2.17 bits per heavy atom. The molecule has 0 fully saturated rings. The summed E-state index contributed by atoms with van der Waals surface area (Å²) < 4.78 is 1.79. The Morgan fingerprint density at radius 2 is 1.62 bits per heavy atom. The molecule has 0 bridgehead atoms. The van der Waals surface area contributed by atoms with E-state index in [-0.39, 0.29) is 17.1 Å². The summed E-state index contributed by atoms with van der Waals surface area (Å²) in [6.07, 6.45) is 0.770. The van der Waals surface area contributed by atoms with E-state index in [9.17, 15) is 4.79 Å². The monoisotopic (exact) mass is 356 g/mol. The molecule has 0 aliphatic carbocycles. The number of benzene rings is 1. The maximum atomic E-state index is 10.9. The zero-order valence-corrected chi connectivity index (χ0v) is 14.0. The molecule has 0 aliphatic rings. The molecule has 4 heteroatoms. The number of rotatable bonds is 3. The summed E-state index contributed by atoms with van der Waals surface area (Å²) in [5, 5.41) is 4.30. The molecule has 4 rings (SSSR count). The summed E-state index contributed by atoms with van der Waals surface area (Å²) in [5.41, 5.74) is 3.37. The van der Waals surface area contributed by atoms with Gasteiger partial charge in [-0.1, -0.05) is 29.8 Å². The number of nitrogens with zero attached hydrogens (tertiary/aromatic N) is 2. The maximum Gasteiger partial charge on any atom is 2.00 e. The topological polar surface area (TPSA) is 34.9 Å². The van der Waals surface area contributed by atoms with Crippen molar-refractivity contribution < 1.29 is 21.9 Å². The van der Waals surface area contributed by atoms with E-state index in [0.29, 0.717) is 5.69 Å². The Kier molecular flexibility index (Phi) is 6.50. The first-order valence-electron chi connectivity index (χ1n) is 7.38. The van der Waals surface area contributed by atoms with Gasteiger partial charge in [-0.3, -0.25) is 9.48 Å². The summed E-state index contributed by atoms with van der Waals surface area (Å²) in [7, 11) is 0. The number of hydrogen-bond acceptors (Lipinski definition) is 2. The van der Waals surface area contributed by atoms with Gasteiger partial charge in [0, 0.05) is 0 Å². The normalized spacial score (nSPS) is 9.50. The fourth-order valence-electron chi connectivity index (χ4n) is 2.29. The summed E-state index contributed by atoms with van der Waals surface area (Å²) in [5.74, 6) is 0. The third-order valence-electron chi connectivity index (χ3n) is 3.36. The van der Waals surface area contributed by atoms with Gasteiger partial charge >= 0.3 is 17.1 Å². The first-order valence-corrected chi connectivity index (χ1v) is 7.38. The number of aromatic nitrogens is 2. The van der Waals surface area contributed by atoms with Crippen molar-refractivity contribution in [1.29, 1.82) is 0 Å². The summed E-state index contributed by atoms with van der Waals surface area (Å²) >= 11 is 0. The minimum absolute atomic E-state index is 0. The van der Waals surface area contributed by atoms with Crippen LogP contribution in [-0.4, -0.2) is 16.1 Å². The quantitative estimate of drug-likeness (QED) is 0.308. The van der Waals surface area contributed by atoms with Gasteiger partial charge in [-0.25, -0.2) is 12.1 Å². The van der Waals surface area contributed by atoms with Gasteiger partial charge in [0.2, 0.25) is 0 Å². The van der Waals surface area contributed by atoms with Gasteiger partial charge in [-0.05, 0) is 17.8 Å². The van der Waals surface area contributed by atoms with Crippen LogP contribution in [-0.2, 0) is 17.1 Å². The standard InChI is InChI=1S/C15H11N2O.C5H5.Fe/c18-11-13-10-15(12-6-4-5-7-12)17(16-13)14-8-2-1-3-9-14;1-2-4-5-3-1;/h1-11H;1-5H;/q2*-1;+2. The molecule has 3 aromatic carbocycles. The maximum absolute atomic E-state index is 10.9. The van der Waals surface area contributed by atoms with E-state index in [2.05, 4.69) is 5.10 Å². The predicted octanol–water partition coefficient (Wildman–Crippen LogP) is 4.47. The van der Waals surface area contributed by atoms with Crippen LogP contribution in [0.15, 0.2) is 91.0 Å². The van der Waals surface area contributed by atoms with E-state index in [0.717, 1.165) is 23.2 Å². The van der Waals surface area contributed by atoms with Gasteiger partial charge in [-0.2, -0.15) is 35.4 Å². The largest absolute Gasteiger partial charge is 2.00 e. The van der Waals surface area contributed by atoms with Crippen LogP contribution < -0.4 is 0 Å². The number of hydrogen-bond donors (Lipinski definition) is 0. The van der Waals surface area contributed by atoms with Crippen molar-refractivity contribution in [3.05, 3.63) is 96.7 Å². The molecule has 3 nitrogen and oxygen atoms in total. The molecule has 0 unspecified atom stereocenters. The molecular weight excluding hydrogens is 340 g/mol.